The largest absolute Gasteiger partial charge is 0.504 e. The molecule has 1 saturated heterocycles. The molecule has 0 radical (unpaired) electrons. The second-order valence-electron chi connectivity index (χ2n) is 3.79. The summed E-state index contributed by atoms with van der Waals surface area (Å²) in [5.41, 5.74) is 0.463. The van der Waals surface area contributed by atoms with Crippen molar-refractivity contribution in [3.8, 4) is 11.5 Å². The van der Waals surface area contributed by atoms with Crippen LogP contribution in [-0.2, 0) is 4.74 Å². The number of methoxy groups -OCH3 is 1. The zero-order chi connectivity index (χ0) is 12.3. The smallest absolute Gasteiger partial charge is 0.254 e. The third-order valence-electron chi connectivity index (χ3n) is 2.72. The summed E-state index contributed by atoms with van der Waals surface area (Å²) in [6.45, 7) is 2.30. The minimum absolute atomic E-state index is 0.0217. The molecule has 92 valence electrons. The number of hydrogen-bond acceptors (Lipinski definition) is 4. The summed E-state index contributed by atoms with van der Waals surface area (Å²) >= 11 is 0. The molecule has 1 aromatic carbocycles. The monoisotopic (exact) mass is 237 g/mol. The van der Waals surface area contributed by atoms with Gasteiger partial charge in [0.1, 0.15) is 0 Å². The summed E-state index contributed by atoms with van der Waals surface area (Å²) in [6, 6.07) is 4.66. The summed E-state index contributed by atoms with van der Waals surface area (Å²) < 4.78 is 10.1. The Morgan fingerprint density at radius 1 is 1.41 bits per heavy atom. The van der Waals surface area contributed by atoms with Crippen molar-refractivity contribution in [2.45, 2.75) is 0 Å². The van der Waals surface area contributed by atoms with Gasteiger partial charge in [0.25, 0.3) is 5.91 Å². The molecule has 0 atom stereocenters. The van der Waals surface area contributed by atoms with Crippen molar-refractivity contribution in [1.29, 1.82) is 0 Å². The number of carbonyl (C=O) groups is 1. The number of carbonyl (C=O) groups excluding carboxylic acids is 1. The van der Waals surface area contributed by atoms with E-state index in [9.17, 15) is 9.90 Å². The maximum Gasteiger partial charge on any atom is 0.254 e. The lowest BCUT2D eigenvalue weighted by Crippen LogP contribution is -2.40. The first kappa shape index (κ1) is 11.7. The van der Waals surface area contributed by atoms with Crippen molar-refractivity contribution < 1.29 is 19.4 Å². The number of rotatable bonds is 2. The van der Waals surface area contributed by atoms with E-state index in [2.05, 4.69) is 0 Å². The van der Waals surface area contributed by atoms with Gasteiger partial charge in [-0.3, -0.25) is 4.79 Å². The number of phenolic OH excluding ortho intramolecular Hbond substituents is 1. The van der Waals surface area contributed by atoms with Crippen LogP contribution < -0.4 is 4.74 Å². The predicted molar refractivity (Wildman–Crippen MR) is 61.4 cm³/mol. The normalized spacial score (nSPS) is 15.7. The maximum atomic E-state index is 12.1. The number of nitrogens with zero attached hydrogens (tertiary/aromatic N) is 1. The number of amides is 1. The Kier molecular flexibility index (Phi) is 3.49. The molecule has 2 rings (SSSR count). The second-order valence-corrected chi connectivity index (χ2v) is 3.79. The van der Waals surface area contributed by atoms with E-state index in [-0.39, 0.29) is 11.7 Å². The summed E-state index contributed by atoms with van der Waals surface area (Å²) in [4.78, 5) is 13.8. The van der Waals surface area contributed by atoms with E-state index in [1.165, 1.54) is 13.2 Å². The zero-order valence-electron chi connectivity index (χ0n) is 9.68. The van der Waals surface area contributed by atoms with Gasteiger partial charge >= 0.3 is 0 Å². The van der Waals surface area contributed by atoms with Crippen LogP contribution in [-0.4, -0.2) is 49.3 Å². The van der Waals surface area contributed by atoms with E-state index in [1.807, 2.05) is 0 Å². The Morgan fingerprint density at radius 3 is 2.71 bits per heavy atom. The Hall–Kier alpha value is -1.75. The lowest BCUT2D eigenvalue weighted by atomic mass is 10.1. The van der Waals surface area contributed by atoms with Crippen molar-refractivity contribution in [2.75, 3.05) is 33.4 Å². The Balaban J connectivity index is 2.16. The molecular formula is C12H15NO4. The Labute approximate surface area is 99.6 Å². The number of phenols is 1. The average molecular weight is 237 g/mol. The van der Waals surface area contributed by atoms with Crippen LogP contribution >= 0.6 is 0 Å². The van der Waals surface area contributed by atoms with Crippen LogP contribution in [0.2, 0.25) is 0 Å². The second kappa shape index (κ2) is 5.05. The van der Waals surface area contributed by atoms with Crippen molar-refractivity contribution in [1.82, 2.24) is 4.90 Å². The first-order valence-corrected chi connectivity index (χ1v) is 5.46. The van der Waals surface area contributed by atoms with E-state index in [1.54, 1.807) is 17.0 Å². The molecule has 0 bridgehead atoms. The van der Waals surface area contributed by atoms with Crippen molar-refractivity contribution in [3.63, 3.8) is 0 Å². The van der Waals surface area contributed by atoms with Gasteiger partial charge in [-0.05, 0) is 18.2 Å². The van der Waals surface area contributed by atoms with Gasteiger partial charge < -0.3 is 19.5 Å². The molecule has 5 nitrogen and oxygen atoms in total. The molecule has 0 saturated carbocycles. The van der Waals surface area contributed by atoms with Crippen LogP contribution in [0.3, 0.4) is 0 Å². The highest BCUT2D eigenvalue weighted by Gasteiger charge is 2.19. The highest BCUT2D eigenvalue weighted by Crippen LogP contribution is 2.26. The number of hydrogen-bond donors (Lipinski definition) is 1. The van der Waals surface area contributed by atoms with Gasteiger partial charge in [0.2, 0.25) is 0 Å². The fourth-order valence-electron chi connectivity index (χ4n) is 1.77. The molecule has 1 aliphatic heterocycles. The van der Waals surface area contributed by atoms with Crippen molar-refractivity contribution in [2.24, 2.45) is 0 Å². The molecule has 0 unspecified atom stereocenters. The van der Waals surface area contributed by atoms with Gasteiger partial charge in [-0.1, -0.05) is 0 Å². The highest BCUT2D eigenvalue weighted by molar-refractivity contribution is 5.95. The van der Waals surface area contributed by atoms with Gasteiger partial charge in [-0.15, -0.1) is 0 Å². The third-order valence-corrected chi connectivity index (χ3v) is 2.72. The van der Waals surface area contributed by atoms with Crippen LogP contribution in [0.5, 0.6) is 11.5 Å². The van der Waals surface area contributed by atoms with Crippen molar-refractivity contribution in [3.05, 3.63) is 23.8 Å². The molecule has 1 aromatic rings. The number of morpholine rings is 1. The number of ether oxygens (including phenoxy) is 2. The van der Waals surface area contributed by atoms with Crippen LogP contribution in [0.25, 0.3) is 0 Å². The van der Waals surface area contributed by atoms with E-state index in [0.717, 1.165) is 0 Å². The quantitative estimate of drug-likeness (QED) is 0.829. The van der Waals surface area contributed by atoms with E-state index < -0.39 is 0 Å². The molecule has 0 aromatic heterocycles. The van der Waals surface area contributed by atoms with Gasteiger partial charge in [-0.2, -0.15) is 0 Å². The molecule has 0 spiro atoms. The summed E-state index contributed by atoms with van der Waals surface area (Å²) in [6.07, 6.45) is 0. The highest BCUT2D eigenvalue weighted by atomic mass is 16.5. The van der Waals surface area contributed by atoms with Crippen LogP contribution in [0, 0.1) is 0 Å². The van der Waals surface area contributed by atoms with E-state index >= 15 is 0 Å². The molecular weight excluding hydrogens is 222 g/mol. The molecule has 1 N–H and O–H groups in total. The number of aromatic hydroxyl groups is 1. The van der Waals surface area contributed by atoms with Gasteiger partial charge in [0, 0.05) is 18.7 Å². The van der Waals surface area contributed by atoms with Gasteiger partial charge in [-0.25, -0.2) is 0 Å². The van der Waals surface area contributed by atoms with Crippen LogP contribution in [0.4, 0.5) is 0 Å². The van der Waals surface area contributed by atoms with Gasteiger partial charge in [0.15, 0.2) is 11.5 Å². The SMILES string of the molecule is COc1ccc(C(=O)N2CCOCC2)cc1O. The van der Waals surface area contributed by atoms with E-state index in [0.29, 0.717) is 37.6 Å². The first-order valence-electron chi connectivity index (χ1n) is 5.46. The Bertz CT molecular complexity index is 413. The summed E-state index contributed by atoms with van der Waals surface area (Å²) in [5.74, 6) is 0.251. The summed E-state index contributed by atoms with van der Waals surface area (Å²) in [7, 11) is 1.47. The molecule has 1 aliphatic rings. The molecule has 17 heavy (non-hydrogen) atoms. The maximum absolute atomic E-state index is 12.1. The van der Waals surface area contributed by atoms with Crippen LogP contribution in [0.1, 0.15) is 10.4 Å². The Morgan fingerprint density at radius 2 is 2.12 bits per heavy atom. The lowest BCUT2D eigenvalue weighted by molar-refractivity contribution is 0.0302. The first-order chi connectivity index (χ1) is 8.22. The molecule has 1 fully saturated rings. The van der Waals surface area contributed by atoms with Crippen LogP contribution in [0.15, 0.2) is 18.2 Å². The van der Waals surface area contributed by atoms with E-state index in [4.69, 9.17) is 9.47 Å². The van der Waals surface area contributed by atoms with Gasteiger partial charge in [0.05, 0.1) is 20.3 Å². The molecule has 1 amide bonds. The molecule has 0 aliphatic carbocycles. The third kappa shape index (κ3) is 2.50. The predicted octanol–water partition coefficient (Wildman–Crippen LogP) is 0.873. The minimum Gasteiger partial charge on any atom is -0.504 e. The summed E-state index contributed by atoms with van der Waals surface area (Å²) in [5, 5.41) is 9.62. The topological polar surface area (TPSA) is 59.0 Å². The fourth-order valence-corrected chi connectivity index (χ4v) is 1.77. The average Bonchev–Trinajstić information content (AvgIpc) is 2.39. The van der Waals surface area contributed by atoms with Crippen molar-refractivity contribution >= 4 is 5.91 Å². The lowest BCUT2D eigenvalue weighted by Gasteiger charge is -2.26. The minimum atomic E-state index is -0.0914. The molecule has 5 heteroatoms. The molecule has 1 heterocycles. The standard InChI is InChI=1S/C12H15NO4/c1-16-11-3-2-9(8-10(11)14)12(15)13-4-6-17-7-5-13/h2-3,8,14H,4-7H2,1H3. The zero-order valence-corrected chi connectivity index (χ0v) is 9.68. The fraction of sp³-hybridized carbons (Fsp3) is 0.417. The number of benzene rings is 1.